The number of hydrogen-bond donors (Lipinski definition) is 1. The number of aromatic nitrogens is 1. The number of hydrogen-bond acceptors (Lipinski definition) is 5. The summed E-state index contributed by atoms with van der Waals surface area (Å²) in [7, 11) is -1.28. The highest BCUT2D eigenvalue weighted by atomic mass is 32.2. The van der Waals surface area contributed by atoms with E-state index in [1.54, 1.807) is 18.3 Å². The molecule has 6 heteroatoms. The van der Waals surface area contributed by atoms with Gasteiger partial charge in [0.25, 0.3) is 0 Å². The number of nitrogens with one attached hydrogen (secondary N) is 1. The number of rotatable bonds is 6. The Bertz CT molecular complexity index is 717. The Kier molecular flexibility index (Phi) is 5.03. The molecular formula is C16H21N3O2S. The van der Waals surface area contributed by atoms with Gasteiger partial charge >= 0.3 is 0 Å². The van der Waals surface area contributed by atoms with Crippen LogP contribution in [0.4, 0.5) is 11.5 Å². The van der Waals surface area contributed by atoms with E-state index in [1.165, 1.54) is 6.26 Å². The van der Waals surface area contributed by atoms with Crippen molar-refractivity contribution in [2.24, 2.45) is 0 Å². The summed E-state index contributed by atoms with van der Waals surface area (Å²) in [6.45, 7) is 2.66. The zero-order valence-electron chi connectivity index (χ0n) is 13.0. The van der Waals surface area contributed by atoms with Crippen molar-refractivity contribution in [1.82, 2.24) is 4.98 Å². The van der Waals surface area contributed by atoms with Gasteiger partial charge in [-0.15, -0.1) is 0 Å². The largest absolute Gasteiger partial charge is 0.370 e. The van der Waals surface area contributed by atoms with E-state index in [0.29, 0.717) is 12.4 Å². The first kappa shape index (κ1) is 16.3. The number of para-hydroxylation sites is 1. The second-order valence-electron chi connectivity index (χ2n) is 5.30. The van der Waals surface area contributed by atoms with Crippen LogP contribution in [0.1, 0.15) is 6.92 Å². The van der Waals surface area contributed by atoms with E-state index >= 15 is 0 Å². The van der Waals surface area contributed by atoms with Crippen molar-refractivity contribution in [3.05, 3.63) is 48.7 Å². The van der Waals surface area contributed by atoms with Crippen molar-refractivity contribution in [1.29, 1.82) is 0 Å². The summed E-state index contributed by atoms with van der Waals surface area (Å²) in [4.78, 5) is 6.50. The molecule has 0 aliphatic carbocycles. The first-order valence-electron chi connectivity index (χ1n) is 7.06. The van der Waals surface area contributed by atoms with Crippen LogP contribution in [0.15, 0.2) is 53.6 Å². The van der Waals surface area contributed by atoms with Crippen LogP contribution in [0.2, 0.25) is 0 Å². The van der Waals surface area contributed by atoms with E-state index in [-0.39, 0.29) is 10.9 Å². The van der Waals surface area contributed by atoms with E-state index in [4.69, 9.17) is 0 Å². The topological polar surface area (TPSA) is 62.3 Å². The average Bonchev–Trinajstić information content (AvgIpc) is 2.52. The fourth-order valence-corrected chi connectivity index (χ4v) is 2.92. The van der Waals surface area contributed by atoms with Gasteiger partial charge in [0.1, 0.15) is 10.7 Å². The van der Waals surface area contributed by atoms with Crippen molar-refractivity contribution in [3.8, 4) is 0 Å². The molecule has 5 nitrogen and oxygen atoms in total. The molecule has 1 aromatic heterocycles. The Morgan fingerprint density at radius 1 is 1.18 bits per heavy atom. The van der Waals surface area contributed by atoms with E-state index in [2.05, 4.69) is 22.1 Å². The first-order valence-corrected chi connectivity index (χ1v) is 8.95. The minimum atomic E-state index is -3.29. The summed E-state index contributed by atoms with van der Waals surface area (Å²) in [5.74, 6) is 0.401. The van der Waals surface area contributed by atoms with Crippen molar-refractivity contribution in [2.75, 3.05) is 30.1 Å². The Hall–Kier alpha value is -2.08. The number of likely N-dealkylation sites (N-methyl/N-ethyl adjacent to an activating group) is 1. The van der Waals surface area contributed by atoms with E-state index in [9.17, 15) is 8.42 Å². The lowest BCUT2D eigenvalue weighted by atomic mass is 10.2. The highest BCUT2D eigenvalue weighted by Gasteiger charge is 2.15. The standard InChI is InChI=1S/C16H21N3O2S/c1-13(19(2)14-8-5-4-6-9-14)12-18-16-15(22(3,20)21)10-7-11-17-16/h4-11,13H,12H2,1-3H3,(H,17,18). The molecule has 1 N–H and O–H groups in total. The van der Waals surface area contributed by atoms with Gasteiger partial charge in [0.2, 0.25) is 0 Å². The number of pyridine rings is 1. The highest BCUT2D eigenvalue weighted by Crippen LogP contribution is 2.19. The zero-order chi connectivity index (χ0) is 16.2. The maximum atomic E-state index is 11.8. The van der Waals surface area contributed by atoms with Gasteiger partial charge < -0.3 is 10.2 Å². The fraction of sp³-hybridized carbons (Fsp3) is 0.312. The molecule has 0 aliphatic rings. The quantitative estimate of drug-likeness (QED) is 0.886. The second-order valence-corrected chi connectivity index (χ2v) is 7.28. The first-order chi connectivity index (χ1) is 10.4. The van der Waals surface area contributed by atoms with Crippen LogP contribution in [0, 0.1) is 0 Å². The van der Waals surface area contributed by atoms with Crippen LogP contribution >= 0.6 is 0 Å². The molecule has 1 unspecified atom stereocenters. The van der Waals surface area contributed by atoms with Crippen LogP contribution in [0.5, 0.6) is 0 Å². The van der Waals surface area contributed by atoms with E-state index in [0.717, 1.165) is 5.69 Å². The minimum Gasteiger partial charge on any atom is -0.370 e. The Morgan fingerprint density at radius 2 is 1.86 bits per heavy atom. The molecule has 22 heavy (non-hydrogen) atoms. The molecule has 0 bridgehead atoms. The molecule has 1 heterocycles. The molecule has 0 saturated carbocycles. The van der Waals surface area contributed by atoms with Crippen molar-refractivity contribution in [3.63, 3.8) is 0 Å². The van der Waals surface area contributed by atoms with Crippen LogP contribution in [0.25, 0.3) is 0 Å². The van der Waals surface area contributed by atoms with Crippen LogP contribution < -0.4 is 10.2 Å². The molecule has 2 aromatic rings. The van der Waals surface area contributed by atoms with Crippen LogP contribution in [-0.2, 0) is 9.84 Å². The molecular weight excluding hydrogens is 298 g/mol. The monoisotopic (exact) mass is 319 g/mol. The van der Waals surface area contributed by atoms with E-state index in [1.807, 2.05) is 37.4 Å². The highest BCUT2D eigenvalue weighted by molar-refractivity contribution is 7.90. The number of benzene rings is 1. The van der Waals surface area contributed by atoms with Gasteiger partial charge in [-0.3, -0.25) is 0 Å². The Balaban J connectivity index is 2.08. The van der Waals surface area contributed by atoms with Crippen molar-refractivity contribution < 1.29 is 8.42 Å². The predicted molar refractivity (Wildman–Crippen MR) is 90.1 cm³/mol. The van der Waals surface area contributed by atoms with Crippen LogP contribution in [-0.4, -0.2) is 39.3 Å². The maximum absolute atomic E-state index is 11.8. The molecule has 2 rings (SSSR count). The summed E-state index contributed by atoms with van der Waals surface area (Å²) in [5, 5.41) is 3.14. The van der Waals surface area contributed by atoms with Gasteiger partial charge in [-0.1, -0.05) is 18.2 Å². The van der Waals surface area contributed by atoms with Gasteiger partial charge in [0.05, 0.1) is 0 Å². The average molecular weight is 319 g/mol. The number of nitrogens with zero attached hydrogens (tertiary/aromatic N) is 2. The van der Waals surface area contributed by atoms with Gasteiger partial charge in [-0.25, -0.2) is 13.4 Å². The second kappa shape index (κ2) is 6.79. The molecule has 1 aromatic carbocycles. The normalized spacial score (nSPS) is 12.7. The Morgan fingerprint density at radius 3 is 2.50 bits per heavy atom. The maximum Gasteiger partial charge on any atom is 0.179 e. The smallest absolute Gasteiger partial charge is 0.179 e. The summed E-state index contributed by atoms with van der Waals surface area (Å²) in [5.41, 5.74) is 1.11. The molecule has 0 amide bonds. The lowest BCUT2D eigenvalue weighted by molar-refractivity contribution is 0.601. The lowest BCUT2D eigenvalue weighted by Crippen LogP contribution is -2.35. The Labute approximate surface area is 131 Å². The molecule has 0 saturated heterocycles. The molecule has 0 radical (unpaired) electrons. The van der Waals surface area contributed by atoms with Gasteiger partial charge in [-0.2, -0.15) is 0 Å². The van der Waals surface area contributed by atoms with Crippen LogP contribution in [0.3, 0.4) is 0 Å². The summed E-state index contributed by atoms with van der Waals surface area (Å²) in [6.07, 6.45) is 2.78. The lowest BCUT2D eigenvalue weighted by Gasteiger charge is -2.27. The van der Waals surface area contributed by atoms with Gasteiger partial charge in [0, 0.05) is 37.8 Å². The molecule has 118 valence electrons. The van der Waals surface area contributed by atoms with Crippen molar-refractivity contribution >= 4 is 21.3 Å². The zero-order valence-corrected chi connectivity index (χ0v) is 13.8. The third-order valence-electron chi connectivity index (χ3n) is 3.56. The molecule has 0 aliphatic heterocycles. The van der Waals surface area contributed by atoms with E-state index < -0.39 is 9.84 Å². The molecule has 0 spiro atoms. The van der Waals surface area contributed by atoms with Crippen molar-refractivity contribution in [2.45, 2.75) is 17.9 Å². The van der Waals surface area contributed by atoms with Gasteiger partial charge in [-0.05, 0) is 31.2 Å². The fourth-order valence-electron chi connectivity index (χ4n) is 2.12. The SMILES string of the molecule is CC(CNc1ncccc1S(C)(=O)=O)N(C)c1ccccc1. The third kappa shape index (κ3) is 3.98. The summed E-state index contributed by atoms with van der Waals surface area (Å²) in [6, 6.07) is 13.4. The number of anilines is 2. The number of sulfone groups is 1. The third-order valence-corrected chi connectivity index (χ3v) is 4.69. The summed E-state index contributed by atoms with van der Waals surface area (Å²) >= 11 is 0. The predicted octanol–water partition coefficient (Wildman–Crippen LogP) is 2.42. The molecule has 0 fully saturated rings. The summed E-state index contributed by atoms with van der Waals surface area (Å²) < 4.78 is 23.5. The van der Waals surface area contributed by atoms with Gasteiger partial charge in [0.15, 0.2) is 9.84 Å². The minimum absolute atomic E-state index is 0.178. The molecule has 1 atom stereocenters.